The summed E-state index contributed by atoms with van der Waals surface area (Å²) in [5.74, 6) is -0.361. The van der Waals surface area contributed by atoms with E-state index in [9.17, 15) is 9.59 Å². The number of aldehydes is 1. The van der Waals surface area contributed by atoms with Crippen molar-refractivity contribution in [1.29, 1.82) is 0 Å². The molecule has 0 heterocycles. The van der Waals surface area contributed by atoms with Crippen LogP contribution >= 0.6 is 0 Å². The molecular formula is C13H16O3. The Morgan fingerprint density at radius 1 is 1.38 bits per heavy atom. The van der Waals surface area contributed by atoms with Crippen molar-refractivity contribution in [2.24, 2.45) is 0 Å². The molecule has 0 fully saturated rings. The maximum atomic E-state index is 11.5. The Bertz CT molecular complexity index is 358. The minimum absolute atomic E-state index is 0.361. The van der Waals surface area contributed by atoms with E-state index in [2.05, 4.69) is 6.92 Å². The van der Waals surface area contributed by atoms with Crippen molar-refractivity contribution in [1.82, 2.24) is 0 Å². The molecule has 0 atom stereocenters. The van der Waals surface area contributed by atoms with Gasteiger partial charge in [0.2, 0.25) is 0 Å². The monoisotopic (exact) mass is 220 g/mol. The van der Waals surface area contributed by atoms with Gasteiger partial charge in [0, 0.05) is 5.56 Å². The molecule has 16 heavy (non-hydrogen) atoms. The first-order valence-corrected chi connectivity index (χ1v) is 5.50. The van der Waals surface area contributed by atoms with Crippen LogP contribution in [0.1, 0.15) is 46.9 Å². The fraction of sp³-hybridized carbons (Fsp3) is 0.385. The number of hydrogen-bond acceptors (Lipinski definition) is 3. The lowest BCUT2D eigenvalue weighted by molar-refractivity contribution is 0.0498. The number of carbonyl (C=O) groups excluding carboxylic acids is 2. The zero-order valence-electron chi connectivity index (χ0n) is 9.44. The highest BCUT2D eigenvalue weighted by atomic mass is 16.5. The SMILES string of the molecule is CCCCCOC(=O)c1cccc(C=O)c1. The van der Waals surface area contributed by atoms with Gasteiger partial charge in [0.1, 0.15) is 6.29 Å². The van der Waals surface area contributed by atoms with E-state index in [4.69, 9.17) is 4.74 Å². The minimum atomic E-state index is -0.361. The number of unbranched alkanes of at least 4 members (excludes halogenated alkanes) is 2. The van der Waals surface area contributed by atoms with Gasteiger partial charge in [-0.1, -0.05) is 31.9 Å². The molecule has 0 saturated carbocycles. The van der Waals surface area contributed by atoms with Gasteiger partial charge in [-0.05, 0) is 18.6 Å². The lowest BCUT2D eigenvalue weighted by Gasteiger charge is -2.04. The van der Waals surface area contributed by atoms with Gasteiger partial charge in [0.25, 0.3) is 0 Å². The molecule has 0 aliphatic heterocycles. The Morgan fingerprint density at radius 2 is 2.19 bits per heavy atom. The molecule has 3 heteroatoms. The molecule has 0 aliphatic rings. The topological polar surface area (TPSA) is 43.4 Å². The third-order valence-electron chi connectivity index (χ3n) is 2.24. The Kier molecular flexibility index (Phi) is 5.26. The summed E-state index contributed by atoms with van der Waals surface area (Å²) in [6, 6.07) is 6.51. The first-order valence-electron chi connectivity index (χ1n) is 5.50. The summed E-state index contributed by atoms with van der Waals surface area (Å²) in [7, 11) is 0. The Labute approximate surface area is 95.4 Å². The highest BCUT2D eigenvalue weighted by Gasteiger charge is 2.06. The van der Waals surface area contributed by atoms with Gasteiger partial charge in [0.15, 0.2) is 0 Å². The number of benzene rings is 1. The molecule has 0 saturated heterocycles. The molecule has 0 radical (unpaired) electrons. The molecule has 0 unspecified atom stereocenters. The smallest absolute Gasteiger partial charge is 0.338 e. The standard InChI is InChI=1S/C13H16O3/c1-2-3-4-8-16-13(15)12-7-5-6-11(9-12)10-14/h5-7,9-10H,2-4,8H2,1H3. The third kappa shape index (κ3) is 3.85. The molecule has 1 aromatic carbocycles. The van der Waals surface area contributed by atoms with E-state index in [-0.39, 0.29) is 5.97 Å². The van der Waals surface area contributed by atoms with Crippen LogP contribution < -0.4 is 0 Å². The van der Waals surface area contributed by atoms with E-state index in [0.717, 1.165) is 19.3 Å². The fourth-order valence-electron chi connectivity index (χ4n) is 1.34. The molecule has 0 spiro atoms. The summed E-state index contributed by atoms with van der Waals surface area (Å²) in [6.45, 7) is 2.54. The van der Waals surface area contributed by atoms with Crippen molar-refractivity contribution >= 4 is 12.3 Å². The first-order chi connectivity index (χ1) is 7.77. The molecule has 0 bridgehead atoms. The number of hydrogen-bond donors (Lipinski definition) is 0. The highest BCUT2D eigenvalue weighted by molar-refractivity contribution is 5.91. The second-order valence-electron chi connectivity index (χ2n) is 3.59. The summed E-state index contributed by atoms with van der Waals surface area (Å²) in [5.41, 5.74) is 0.920. The van der Waals surface area contributed by atoms with Crippen LogP contribution in [0.25, 0.3) is 0 Å². The van der Waals surface area contributed by atoms with Crippen molar-refractivity contribution in [3.63, 3.8) is 0 Å². The van der Waals surface area contributed by atoms with Crippen molar-refractivity contribution < 1.29 is 14.3 Å². The largest absolute Gasteiger partial charge is 0.462 e. The maximum Gasteiger partial charge on any atom is 0.338 e. The Morgan fingerprint density at radius 3 is 2.88 bits per heavy atom. The van der Waals surface area contributed by atoms with Crippen LogP contribution in [0, 0.1) is 0 Å². The van der Waals surface area contributed by atoms with E-state index < -0.39 is 0 Å². The van der Waals surface area contributed by atoms with Gasteiger partial charge in [-0.3, -0.25) is 4.79 Å². The molecule has 0 aliphatic carbocycles. The van der Waals surface area contributed by atoms with E-state index >= 15 is 0 Å². The molecule has 0 aromatic heterocycles. The van der Waals surface area contributed by atoms with Crippen molar-refractivity contribution in [2.75, 3.05) is 6.61 Å². The molecule has 0 amide bonds. The van der Waals surface area contributed by atoms with Crippen LogP contribution in [-0.4, -0.2) is 18.9 Å². The van der Waals surface area contributed by atoms with E-state index in [1.54, 1.807) is 18.2 Å². The number of carbonyl (C=O) groups is 2. The Hall–Kier alpha value is -1.64. The second kappa shape index (κ2) is 6.77. The molecular weight excluding hydrogens is 204 g/mol. The summed E-state index contributed by atoms with van der Waals surface area (Å²) in [5, 5.41) is 0. The Balaban J connectivity index is 2.49. The first kappa shape index (κ1) is 12.4. The van der Waals surface area contributed by atoms with Gasteiger partial charge in [-0.2, -0.15) is 0 Å². The van der Waals surface area contributed by atoms with Crippen LogP contribution in [0.5, 0.6) is 0 Å². The maximum absolute atomic E-state index is 11.5. The summed E-state index contributed by atoms with van der Waals surface area (Å²) < 4.78 is 5.07. The number of rotatable bonds is 6. The van der Waals surface area contributed by atoms with E-state index in [1.165, 1.54) is 6.07 Å². The lowest BCUT2D eigenvalue weighted by Crippen LogP contribution is -2.06. The van der Waals surface area contributed by atoms with Crippen LogP contribution in [-0.2, 0) is 4.74 Å². The second-order valence-corrected chi connectivity index (χ2v) is 3.59. The van der Waals surface area contributed by atoms with Gasteiger partial charge in [0.05, 0.1) is 12.2 Å². The van der Waals surface area contributed by atoms with Crippen LogP contribution in [0.4, 0.5) is 0 Å². The quantitative estimate of drug-likeness (QED) is 0.420. The zero-order valence-corrected chi connectivity index (χ0v) is 9.44. The van der Waals surface area contributed by atoms with Gasteiger partial charge >= 0.3 is 5.97 Å². The number of ether oxygens (including phenoxy) is 1. The summed E-state index contributed by atoms with van der Waals surface area (Å²) >= 11 is 0. The normalized spacial score (nSPS) is 9.81. The van der Waals surface area contributed by atoms with Gasteiger partial charge in [-0.15, -0.1) is 0 Å². The predicted molar refractivity (Wildman–Crippen MR) is 61.6 cm³/mol. The van der Waals surface area contributed by atoms with Crippen LogP contribution in [0.3, 0.4) is 0 Å². The summed E-state index contributed by atoms with van der Waals surface area (Å²) in [6.07, 6.45) is 3.75. The zero-order chi connectivity index (χ0) is 11.8. The molecule has 3 nitrogen and oxygen atoms in total. The predicted octanol–water partition coefficient (Wildman–Crippen LogP) is 2.85. The lowest BCUT2D eigenvalue weighted by atomic mass is 10.1. The van der Waals surface area contributed by atoms with Crippen molar-refractivity contribution in [3.05, 3.63) is 35.4 Å². The van der Waals surface area contributed by atoms with E-state index in [0.29, 0.717) is 24.0 Å². The minimum Gasteiger partial charge on any atom is -0.462 e. The van der Waals surface area contributed by atoms with Gasteiger partial charge in [-0.25, -0.2) is 4.79 Å². The van der Waals surface area contributed by atoms with Crippen LogP contribution in [0.2, 0.25) is 0 Å². The summed E-state index contributed by atoms with van der Waals surface area (Å²) in [4.78, 5) is 22.1. The average Bonchev–Trinajstić information content (AvgIpc) is 2.34. The molecule has 1 rings (SSSR count). The molecule has 1 aromatic rings. The molecule has 86 valence electrons. The van der Waals surface area contributed by atoms with Crippen molar-refractivity contribution in [2.45, 2.75) is 26.2 Å². The average molecular weight is 220 g/mol. The highest BCUT2D eigenvalue weighted by Crippen LogP contribution is 2.06. The van der Waals surface area contributed by atoms with Crippen LogP contribution in [0.15, 0.2) is 24.3 Å². The van der Waals surface area contributed by atoms with Crippen molar-refractivity contribution in [3.8, 4) is 0 Å². The molecule has 0 N–H and O–H groups in total. The van der Waals surface area contributed by atoms with E-state index in [1.807, 2.05) is 0 Å². The fourth-order valence-corrected chi connectivity index (χ4v) is 1.34. The van der Waals surface area contributed by atoms with Gasteiger partial charge < -0.3 is 4.74 Å². The number of esters is 1. The third-order valence-corrected chi connectivity index (χ3v) is 2.24.